The molecule has 2 aromatic rings. The molecule has 0 aromatic heterocycles. The van der Waals surface area contributed by atoms with E-state index >= 15 is 0 Å². The highest BCUT2D eigenvalue weighted by atomic mass is 19.3. The number of nitrogens with one attached hydrogen (secondary N) is 3. The summed E-state index contributed by atoms with van der Waals surface area (Å²) in [5, 5.41) is 8.21. The molecule has 2 aromatic carbocycles. The van der Waals surface area contributed by atoms with Crippen molar-refractivity contribution in [3.63, 3.8) is 0 Å². The fourth-order valence-electron chi connectivity index (χ4n) is 5.99. The van der Waals surface area contributed by atoms with Crippen LogP contribution in [0.4, 0.5) is 13.6 Å². The van der Waals surface area contributed by atoms with E-state index in [-0.39, 0.29) is 50.5 Å². The number of carbonyl (C=O) groups excluding carboxylic acids is 4. The molecule has 46 heavy (non-hydrogen) atoms. The first-order valence-corrected chi connectivity index (χ1v) is 16.0. The van der Waals surface area contributed by atoms with Crippen LogP contribution in [0.3, 0.4) is 0 Å². The molecule has 0 spiro atoms. The fourth-order valence-corrected chi connectivity index (χ4v) is 5.99. The van der Waals surface area contributed by atoms with Crippen molar-refractivity contribution in [2.75, 3.05) is 33.3 Å². The Kier molecular flexibility index (Phi) is 12.5. The van der Waals surface area contributed by atoms with Crippen LogP contribution in [0, 0.1) is 5.92 Å². The second-order valence-corrected chi connectivity index (χ2v) is 12.1. The maximum absolute atomic E-state index is 13.7. The maximum Gasteiger partial charge on any atom is 0.407 e. The molecule has 12 heteroatoms. The van der Waals surface area contributed by atoms with Crippen LogP contribution in [-0.4, -0.2) is 84.9 Å². The summed E-state index contributed by atoms with van der Waals surface area (Å²) in [7, 11) is 1.18. The van der Waals surface area contributed by atoms with Gasteiger partial charge in [-0.15, -0.1) is 0 Å². The van der Waals surface area contributed by atoms with Gasteiger partial charge >= 0.3 is 6.09 Å². The maximum atomic E-state index is 13.7. The molecule has 4 amide bonds. The number of carbonyl (C=O) groups is 4. The summed E-state index contributed by atoms with van der Waals surface area (Å²) in [5.74, 6) is -3.97. The second-order valence-electron chi connectivity index (χ2n) is 12.1. The van der Waals surface area contributed by atoms with Gasteiger partial charge in [0.25, 0.3) is 0 Å². The summed E-state index contributed by atoms with van der Waals surface area (Å²) in [6, 6.07) is 15.9. The third kappa shape index (κ3) is 10.2. The standard InChI is InChI=1S/C34H45F2N5O5/c1-3-29(42)38-28(32(44)41-19-17-40(18-20-41)23-26-7-5-4-6-8-26)21-24-9-11-25(12-10-24)22-37-31(43)30(39-33(45)46-2)27-13-15-34(35,36)16-14-27/h4-12,27-28,30H,3,13-23H2,1-2H3,(H,37,43)(H,38,42)(H,39,45)/t28-,30+/m1/s1. The lowest BCUT2D eigenvalue weighted by Gasteiger charge is -2.36. The summed E-state index contributed by atoms with van der Waals surface area (Å²) in [4.78, 5) is 55.0. The van der Waals surface area contributed by atoms with Gasteiger partial charge in [0.05, 0.1) is 7.11 Å². The van der Waals surface area contributed by atoms with Crippen molar-refractivity contribution in [1.82, 2.24) is 25.8 Å². The van der Waals surface area contributed by atoms with E-state index in [2.05, 4.69) is 37.7 Å². The van der Waals surface area contributed by atoms with Crippen LogP contribution in [0.1, 0.15) is 55.7 Å². The van der Waals surface area contributed by atoms with Crippen molar-refractivity contribution in [2.45, 2.75) is 76.5 Å². The van der Waals surface area contributed by atoms with E-state index in [1.165, 1.54) is 12.7 Å². The number of halogens is 2. The van der Waals surface area contributed by atoms with E-state index in [1.807, 2.05) is 47.4 Å². The first kappa shape index (κ1) is 34.8. The van der Waals surface area contributed by atoms with Crippen molar-refractivity contribution in [3.05, 3.63) is 71.3 Å². The molecule has 1 aliphatic carbocycles. The van der Waals surface area contributed by atoms with Crippen molar-refractivity contribution >= 4 is 23.8 Å². The van der Waals surface area contributed by atoms with Gasteiger partial charge in [-0.1, -0.05) is 61.5 Å². The molecular formula is C34H45F2N5O5. The van der Waals surface area contributed by atoms with Gasteiger partial charge in [0.2, 0.25) is 23.6 Å². The van der Waals surface area contributed by atoms with Crippen LogP contribution in [0.15, 0.2) is 54.6 Å². The number of ether oxygens (including phenoxy) is 1. The number of nitrogens with zero attached hydrogens (tertiary/aromatic N) is 2. The molecule has 2 atom stereocenters. The van der Waals surface area contributed by atoms with Gasteiger partial charge in [0, 0.05) is 65.0 Å². The van der Waals surface area contributed by atoms with Crippen molar-refractivity contribution in [2.24, 2.45) is 5.92 Å². The molecule has 1 saturated carbocycles. The number of amides is 4. The van der Waals surface area contributed by atoms with Crippen LogP contribution in [0.5, 0.6) is 0 Å². The molecular weight excluding hydrogens is 596 g/mol. The van der Waals surface area contributed by atoms with Gasteiger partial charge in [-0.25, -0.2) is 13.6 Å². The Hall–Kier alpha value is -4.06. The number of alkyl carbamates (subject to hydrolysis) is 1. The summed E-state index contributed by atoms with van der Waals surface area (Å²) in [5.41, 5.74) is 2.85. The number of piperazine rings is 1. The predicted molar refractivity (Wildman–Crippen MR) is 169 cm³/mol. The van der Waals surface area contributed by atoms with E-state index in [9.17, 15) is 28.0 Å². The van der Waals surface area contributed by atoms with E-state index in [0.717, 1.165) is 30.8 Å². The lowest BCUT2D eigenvalue weighted by molar-refractivity contribution is -0.138. The smallest absolute Gasteiger partial charge is 0.407 e. The first-order valence-electron chi connectivity index (χ1n) is 16.0. The Bertz CT molecular complexity index is 1310. The molecule has 2 fully saturated rings. The summed E-state index contributed by atoms with van der Waals surface area (Å²) < 4.78 is 32.0. The highest BCUT2D eigenvalue weighted by Gasteiger charge is 2.40. The Labute approximate surface area is 269 Å². The van der Waals surface area contributed by atoms with Crippen molar-refractivity contribution < 1.29 is 32.7 Å². The Morgan fingerprint density at radius 1 is 0.891 bits per heavy atom. The van der Waals surface area contributed by atoms with Crippen LogP contribution in [0.2, 0.25) is 0 Å². The van der Waals surface area contributed by atoms with Crippen molar-refractivity contribution in [3.8, 4) is 0 Å². The molecule has 10 nitrogen and oxygen atoms in total. The molecule has 1 heterocycles. The lowest BCUT2D eigenvalue weighted by Crippen LogP contribution is -2.55. The van der Waals surface area contributed by atoms with Crippen LogP contribution in [0.25, 0.3) is 0 Å². The minimum atomic E-state index is -2.76. The number of hydrogen-bond acceptors (Lipinski definition) is 6. The highest BCUT2D eigenvalue weighted by molar-refractivity contribution is 5.88. The average molecular weight is 642 g/mol. The zero-order valence-electron chi connectivity index (χ0n) is 26.6. The average Bonchev–Trinajstić information content (AvgIpc) is 3.07. The highest BCUT2D eigenvalue weighted by Crippen LogP contribution is 2.37. The molecule has 4 rings (SSSR count). The zero-order valence-corrected chi connectivity index (χ0v) is 26.6. The van der Waals surface area contributed by atoms with Crippen molar-refractivity contribution in [1.29, 1.82) is 0 Å². The van der Waals surface area contributed by atoms with Gasteiger partial charge < -0.3 is 25.6 Å². The Morgan fingerprint density at radius 3 is 2.13 bits per heavy atom. The van der Waals surface area contributed by atoms with E-state index in [4.69, 9.17) is 0 Å². The quantitative estimate of drug-likeness (QED) is 0.326. The molecule has 3 N–H and O–H groups in total. The number of rotatable bonds is 12. The third-order valence-corrected chi connectivity index (χ3v) is 8.79. The second kappa shape index (κ2) is 16.5. The molecule has 0 radical (unpaired) electrons. The fraction of sp³-hybridized carbons (Fsp3) is 0.529. The van der Waals surface area contributed by atoms with Gasteiger partial charge in [-0.05, 0) is 35.4 Å². The predicted octanol–water partition coefficient (Wildman–Crippen LogP) is 3.63. The van der Waals surface area contributed by atoms with Gasteiger partial charge in [-0.2, -0.15) is 0 Å². The van der Waals surface area contributed by atoms with Crippen LogP contribution in [-0.2, 0) is 38.6 Å². The third-order valence-electron chi connectivity index (χ3n) is 8.79. The van der Waals surface area contributed by atoms with E-state index < -0.39 is 35.9 Å². The SMILES string of the molecule is CCC(=O)N[C@H](Cc1ccc(CNC(=O)[C@@H](NC(=O)OC)C2CCC(F)(F)CC2)cc1)C(=O)N1CCN(Cc2ccccc2)CC1. The molecule has 1 aliphatic heterocycles. The summed E-state index contributed by atoms with van der Waals surface area (Å²) in [6.45, 7) is 5.39. The van der Waals surface area contributed by atoms with Crippen LogP contribution < -0.4 is 16.0 Å². The minimum absolute atomic E-state index is 0.109. The lowest BCUT2D eigenvalue weighted by atomic mass is 9.81. The number of benzene rings is 2. The molecule has 0 bridgehead atoms. The molecule has 2 aliphatic rings. The van der Waals surface area contributed by atoms with Gasteiger partial charge in [0.15, 0.2) is 0 Å². The molecule has 0 unspecified atom stereocenters. The molecule has 1 saturated heterocycles. The summed E-state index contributed by atoms with van der Waals surface area (Å²) in [6.07, 6.45) is -0.656. The largest absolute Gasteiger partial charge is 0.453 e. The first-order chi connectivity index (χ1) is 22.1. The topological polar surface area (TPSA) is 120 Å². The number of alkyl halides is 2. The van der Waals surface area contributed by atoms with E-state index in [0.29, 0.717) is 19.5 Å². The number of methoxy groups -OCH3 is 1. The minimum Gasteiger partial charge on any atom is -0.453 e. The monoisotopic (exact) mass is 641 g/mol. The van der Waals surface area contributed by atoms with Gasteiger partial charge in [-0.3, -0.25) is 19.3 Å². The van der Waals surface area contributed by atoms with Gasteiger partial charge in [0.1, 0.15) is 12.1 Å². The Morgan fingerprint density at radius 2 is 1.52 bits per heavy atom. The zero-order chi connectivity index (χ0) is 33.1. The van der Waals surface area contributed by atoms with Crippen LogP contribution >= 0.6 is 0 Å². The molecule has 250 valence electrons. The number of hydrogen-bond donors (Lipinski definition) is 3. The summed E-state index contributed by atoms with van der Waals surface area (Å²) >= 11 is 0. The normalized spacial score (nSPS) is 18.2. The van der Waals surface area contributed by atoms with E-state index in [1.54, 1.807) is 6.92 Å². The Balaban J connectivity index is 1.32.